The molecule has 1 aromatic heterocycles. The van der Waals surface area contributed by atoms with Gasteiger partial charge in [0, 0.05) is 48.1 Å². The second-order valence-electron chi connectivity index (χ2n) is 11.5. The maximum Gasteiger partial charge on any atom is 0.251 e. The fourth-order valence-corrected chi connectivity index (χ4v) is 6.69. The zero-order valence-electron chi connectivity index (χ0n) is 22.7. The number of carbonyl (C=O) groups excluding carboxylic acids is 1. The Morgan fingerprint density at radius 1 is 1.08 bits per heavy atom. The smallest absolute Gasteiger partial charge is 0.251 e. The minimum Gasteiger partial charge on any atom is -0.490 e. The number of fused-ring (bicyclic) bond motifs is 1. The molecule has 1 unspecified atom stereocenters. The largest absolute Gasteiger partial charge is 0.490 e. The summed E-state index contributed by atoms with van der Waals surface area (Å²) in [7, 11) is 0. The number of aliphatic hydroxyl groups is 1. The van der Waals surface area contributed by atoms with Crippen molar-refractivity contribution < 1.29 is 19.4 Å². The van der Waals surface area contributed by atoms with Gasteiger partial charge in [-0.2, -0.15) is 5.10 Å². The number of H-pyrrole nitrogens is 1. The van der Waals surface area contributed by atoms with Crippen LogP contribution < -0.4 is 10.1 Å². The van der Waals surface area contributed by atoms with Gasteiger partial charge in [0.15, 0.2) is 0 Å². The minimum atomic E-state index is -0.266. The fraction of sp³-hybridized carbons (Fsp3) is 0.548. The predicted octanol–water partition coefficient (Wildman–Crippen LogP) is 4.68. The van der Waals surface area contributed by atoms with Gasteiger partial charge in [0.1, 0.15) is 11.9 Å². The number of aromatic amines is 1. The third kappa shape index (κ3) is 5.83. The Balaban J connectivity index is 1.16. The number of carbonyl (C=O) groups is 1. The Morgan fingerprint density at radius 2 is 1.87 bits per heavy atom. The first-order chi connectivity index (χ1) is 19.1. The van der Waals surface area contributed by atoms with E-state index >= 15 is 0 Å². The molecule has 0 radical (unpaired) electrons. The number of rotatable bonds is 7. The molecule has 8 nitrogen and oxygen atoms in total. The average Bonchev–Trinajstić information content (AvgIpc) is 3.41. The molecule has 2 aliphatic carbocycles. The predicted molar refractivity (Wildman–Crippen MR) is 151 cm³/mol. The summed E-state index contributed by atoms with van der Waals surface area (Å²) in [5.74, 6) is 0.760. The highest BCUT2D eigenvalue weighted by molar-refractivity contribution is 6.01. The summed E-state index contributed by atoms with van der Waals surface area (Å²) in [6, 6.07) is 13.7. The van der Waals surface area contributed by atoms with Crippen LogP contribution in [0.15, 0.2) is 42.5 Å². The van der Waals surface area contributed by atoms with Crippen LogP contribution in [0.3, 0.4) is 0 Å². The van der Waals surface area contributed by atoms with Crippen molar-refractivity contribution in [3.05, 3.63) is 48.0 Å². The lowest BCUT2D eigenvalue weighted by atomic mass is 9.79. The first-order valence-corrected chi connectivity index (χ1v) is 14.6. The van der Waals surface area contributed by atoms with Gasteiger partial charge in [0.2, 0.25) is 0 Å². The van der Waals surface area contributed by atoms with Crippen LogP contribution in [-0.4, -0.2) is 76.7 Å². The standard InChI is InChI=1S/C31H40N4O4/c36-24-5-4-6-26(20-24)39-25-10-7-22(8-11-25)29-27-19-23(9-12-28(27)33-34-29)30(37)32-21-31(13-2-1-3-14-31)35-15-17-38-18-16-35/h7-12,19,24,26,36H,1-6,13-18,20-21H2,(H,32,37)(H,33,34)/t24-,26?/m1/s1. The SMILES string of the molecule is O=C(NCC1(N2CCOCC2)CCCCC1)c1ccc2[nH]nc(-c3ccc(OC4CCC[C@@H](O)C4)cc3)c2c1. The van der Waals surface area contributed by atoms with Crippen LogP contribution in [0.25, 0.3) is 22.2 Å². The second-order valence-corrected chi connectivity index (χ2v) is 11.5. The summed E-state index contributed by atoms with van der Waals surface area (Å²) in [4.78, 5) is 15.9. The van der Waals surface area contributed by atoms with Gasteiger partial charge in [-0.3, -0.25) is 14.8 Å². The van der Waals surface area contributed by atoms with Crippen molar-refractivity contribution in [3.8, 4) is 17.0 Å². The summed E-state index contributed by atoms with van der Waals surface area (Å²) in [6.45, 7) is 4.08. The quantitative estimate of drug-likeness (QED) is 0.409. The van der Waals surface area contributed by atoms with Crippen LogP contribution >= 0.6 is 0 Å². The number of nitrogens with one attached hydrogen (secondary N) is 2. The molecule has 1 aliphatic heterocycles. The van der Waals surface area contributed by atoms with Crippen LogP contribution in [0, 0.1) is 0 Å². The molecule has 3 fully saturated rings. The maximum absolute atomic E-state index is 13.4. The van der Waals surface area contributed by atoms with Crippen molar-refractivity contribution in [2.45, 2.75) is 75.5 Å². The van der Waals surface area contributed by atoms with Crippen LogP contribution in [-0.2, 0) is 4.74 Å². The van der Waals surface area contributed by atoms with Gasteiger partial charge in [0.25, 0.3) is 5.91 Å². The molecular weight excluding hydrogens is 492 g/mol. The molecule has 3 aliphatic rings. The molecule has 208 valence electrons. The molecule has 3 aromatic rings. The van der Waals surface area contributed by atoms with Gasteiger partial charge in [0.05, 0.1) is 30.5 Å². The number of amides is 1. The van der Waals surface area contributed by atoms with Gasteiger partial charge >= 0.3 is 0 Å². The topological polar surface area (TPSA) is 99.7 Å². The number of nitrogens with zero attached hydrogens (tertiary/aromatic N) is 2. The van der Waals surface area contributed by atoms with Crippen molar-refractivity contribution >= 4 is 16.8 Å². The number of aliphatic hydroxyl groups excluding tert-OH is 1. The van der Waals surface area contributed by atoms with Gasteiger partial charge in [-0.1, -0.05) is 19.3 Å². The molecule has 1 saturated heterocycles. The average molecular weight is 533 g/mol. The lowest BCUT2D eigenvalue weighted by molar-refractivity contribution is -0.0361. The maximum atomic E-state index is 13.4. The number of ether oxygens (including phenoxy) is 2. The van der Waals surface area contributed by atoms with E-state index in [1.165, 1.54) is 19.3 Å². The van der Waals surface area contributed by atoms with E-state index in [1.807, 2.05) is 42.5 Å². The number of morpholine rings is 1. The zero-order valence-corrected chi connectivity index (χ0v) is 22.7. The molecule has 3 N–H and O–H groups in total. The van der Waals surface area contributed by atoms with Crippen molar-refractivity contribution in [3.63, 3.8) is 0 Å². The lowest BCUT2D eigenvalue weighted by Crippen LogP contribution is -2.59. The number of benzene rings is 2. The molecular formula is C31H40N4O4. The van der Waals surface area contributed by atoms with Crippen LogP contribution in [0.5, 0.6) is 5.75 Å². The van der Waals surface area contributed by atoms with Gasteiger partial charge in [-0.05, 0) is 74.6 Å². The van der Waals surface area contributed by atoms with Crippen LogP contribution in [0.2, 0.25) is 0 Å². The molecule has 2 heterocycles. The molecule has 1 amide bonds. The Labute approximate surface area is 230 Å². The number of hydrogen-bond acceptors (Lipinski definition) is 6. The highest BCUT2D eigenvalue weighted by Crippen LogP contribution is 2.34. The molecule has 6 rings (SSSR count). The molecule has 39 heavy (non-hydrogen) atoms. The summed E-state index contributed by atoms with van der Waals surface area (Å²) < 4.78 is 11.7. The van der Waals surface area contributed by atoms with E-state index in [2.05, 4.69) is 20.4 Å². The Bertz CT molecular complexity index is 1260. The van der Waals surface area contributed by atoms with E-state index in [0.29, 0.717) is 18.5 Å². The first kappa shape index (κ1) is 26.3. The Hall–Kier alpha value is -2.94. The first-order valence-electron chi connectivity index (χ1n) is 14.6. The fourth-order valence-electron chi connectivity index (χ4n) is 6.69. The number of hydrogen-bond donors (Lipinski definition) is 3. The van der Waals surface area contributed by atoms with Gasteiger partial charge in [-0.25, -0.2) is 0 Å². The van der Waals surface area contributed by atoms with Crippen molar-refractivity contribution in [1.29, 1.82) is 0 Å². The van der Waals surface area contributed by atoms with Gasteiger partial charge < -0.3 is 19.9 Å². The molecule has 0 spiro atoms. The molecule has 0 bridgehead atoms. The normalized spacial score (nSPS) is 23.9. The van der Waals surface area contributed by atoms with Crippen molar-refractivity contribution in [2.24, 2.45) is 0 Å². The van der Waals surface area contributed by atoms with E-state index < -0.39 is 0 Å². The zero-order chi connectivity index (χ0) is 26.7. The summed E-state index contributed by atoms with van der Waals surface area (Å²) in [5.41, 5.74) is 3.35. The molecule has 2 aromatic carbocycles. The van der Waals surface area contributed by atoms with Crippen LogP contribution in [0.1, 0.15) is 68.1 Å². The third-order valence-electron chi connectivity index (χ3n) is 8.90. The molecule has 8 heteroatoms. The Kier molecular flexibility index (Phi) is 7.86. The monoisotopic (exact) mass is 532 g/mol. The Morgan fingerprint density at radius 3 is 2.64 bits per heavy atom. The third-order valence-corrected chi connectivity index (χ3v) is 8.90. The van der Waals surface area contributed by atoms with E-state index in [9.17, 15) is 9.90 Å². The summed E-state index contributed by atoms with van der Waals surface area (Å²) in [5, 5.41) is 21.8. The van der Waals surface area contributed by atoms with E-state index in [0.717, 1.165) is 86.3 Å². The molecule has 2 saturated carbocycles. The highest BCUT2D eigenvalue weighted by Gasteiger charge is 2.39. The summed E-state index contributed by atoms with van der Waals surface area (Å²) in [6.07, 6.45) is 9.25. The van der Waals surface area contributed by atoms with E-state index in [1.54, 1.807) is 0 Å². The van der Waals surface area contributed by atoms with Gasteiger partial charge in [-0.15, -0.1) is 0 Å². The highest BCUT2D eigenvalue weighted by atomic mass is 16.5. The van der Waals surface area contributed by atoms with E-state index in [4.69, 9.17) is 9.47 Å². The van der Waals surface area contributed by atoms with Crippen LogP contribution in [0.4, 0.5) is 0 Å². The van der Waals surface area contributed by atoms with Crippen molar-refractivity contribution in [1.82, 2.24) is 20.4 Å². The second kappa shape index (κ2) is 11.7. The molecule has 2 atom stereocenters. The summed E-state index contributed by atoms with van der Waals surface area (Å²) >= 11 is 0. The minimum absolute atomic E-state index is 0.0299. The lowest BCUT2D eigenvalue weighted by Gasteiger charge is -2.48. The van der Waals surface area contributed by atoms with E-state index in [-0.39, 0.29) is 23.7 Å². The van der Waals surface area contributed by atoms with Crippen molar-refractivity contribution in [2.75, 3.05) is 32.8 Å². The number of aromatic nitrogens is 2.